The van der Waals surface area contributed by atoms with E-state index in [0.717, 1.165) is 21.2 Å². The third-order valence-electron chi connectivity index (χ3n) is 5.41. The monoisotopic (exact) mass is 339 g/mol. The molecule has 0 saturated carbocycles. The molecular weight excluding hydrogens is 310 g/mol. The Balaban J connectivity index is 2.74. The second-order valence-corrected chi connectivity index (χ2v) is 13.3. The Hall–Kier alpha value is -1.79. The van der Waals surface area contributed by atoms with Crippen molar-refractivity contribution in [3.05, 3.63) is 46.8 Å². The zero-order chi connectivity index (χ0) is 18.1. The molecule has 0 amide bonds. The fourth-order valence-electron chi connectivity index (χ4n) is 4.14. The lowest BCUT2D eigenvalue weighted by Gasteiger charge is -2.38. The smallest absolute Gasteiger partial charge is 0.239 e. The van der Waals surface area contributed by atoms with Crippen molar-refractivity contribution >= 4 is 19.0 Å². The van der Waals surface area contributed by atoms with Crippen LogP contribution in [0.15, 0.2) is 30.5 Å². The van der Waals surface area contributed by atoms with E-state index in [0.29, 0.717) is 22.1 Å². The summed E-state index contributed by atoms with van der Waals surface area (Å²) < 4.78 is 0.954. The van der Waals surface area contributed by atoms with Gasteiger partial charge in [0, 0.05) is 11.5 Å². The lowest BCUT2D eigenvalue weighted by atomic mass is 10.0. The lowest BCUT2D eigenvalue weighted by Crippen LogP contribution is -2.43. The van der Waals surface area contributed by atoms with Crippen LogP contribution in [-0.2, 0) is 0 Å². The number of fused-ring (bicyclic) bond motifs is 1. The second-order valence-electron chi connectivity index (χ2n) is 7.68. The van der Waals surface area contributed by atoms with Gasteiger partial charge in [-0.3, -0.25) is 0 Å². The summed E-state index contributed by atoms with van der Waals surface area (Å²) in [4.78, 5) is 0. The van der Waals surface area contributed by atoms with Gasteiger partial charge in [-0.1, -0.05) is 53.5 Å². The third-order valence-corrected chi connectivity index (χ3v) is 11.7. The summed E-state index contributed by atoms with van der Waals surface area (Å²) >= 11 is 0. The van der Waals surface area contributed by atoms with Crippen LogP contribution in [-0.4, -0.2) is 8.07 Å². The first kappa shape index (κ1) is 18.5. The van der Waals surface area contributed by atoms with Crippen LogP contribution in [0.3, 0.4) is 0 Å². The van der Waals surface area contributed by atoms with Crippen LogP contribution in [0.5, 0.6) is 0 Å². The Morgan fingerprint density at radius 2 is 1.54 bits per heavy atom. The van der Waals surface area contributed by atoms with Crippen LogP contribution in [0.2, 0.25) is 16.6 Å². The first-order chi connectivity index (χ1) is 11.2. The fraction of sp³-hybridized carbons (Fsp3) is 0.476. The number of hydrogen-bond donors (Lipinski definition) is 0. The highest BCUT2D eigenvalue weighted by atomic mass is 28.3. The normalized spacial score (nSPS) is 12.1. The molecule has 1 aromatic heterocycles. The summed E-state index contributed by atoms with van der Waals surface area (Å²) in [5.41, 5.74) is 8.16. The van der Waals surface area contributed by atoms with Crippen LogP contribution in [0.4, 0.5) is 0 Å². The van der Waals surface area contributed by atoms with E-state index in [2.05, 4.69) is 59.1 Å². The third kappa shape index (κ3) is 3.08. The van der Waals surface area contributed by atoms with E-state index >= 15 is 0 Å². The number of rotatable bonds is 3. The standard InChI is InChI=1S/C21H29NOSi/c1-15(2)24(16(3)4,17(5)6)14-12-20-18(7)10-11-19-9-8-13-22(23)21(19)20/h8-11,13,15-17H,1-7H3. The van der Waals surface area contributed by atoms with E-state index in [1.807, 2.05) is 19.1 Å². The summed E-state index contributed by atoms with van der Waals surface area (Å²) in [6.45, 7) is 15.9. The van der Waals surface area contributed by atoms with Gasteiger partial charge in [-0.05, 0) is 41.2 Å². The second kappa shape index (κ2) is 6.99. The number of benzene rings is 1. The summed E-state index contributed by atoms with van der Waals surface area (Å²) in [5, 5.41) is 13.3. The van der Waals surface area contributed by atoms with E-state index in [1.165, 1.54) is 0 Å². The van der Waals surface area contributed by atoms with Crippen molar-refractivity contribution in [3.63, 3.8) is 0 Å². The predicted molar refractivity (Wildman–Crippen MR) is 106 cm³/mol. The van der Waals surface area contributed by atoms with Gasteiger partial charge in [-0.15, -0.1) is 5.54 Å². The summed E-state index contributed by atoms with van der Waals surface area (Å²) in [5.74, 6) is 3.47. The first-order valence-electron chi connectivity index (χ1n) is 8.86. The van der Waals surface area contributed by atoms with E-state index in [1.54, 1.807) is 12.3 Å². The molecule has 0 aliphatic rings. The van der Waals surface area contributed by atoms with Crippen LogP contribution >= 0.6 is 0 Å². The molecule has 24 heavy (non-hydrogen) atoms. The topological polar surface area (TPSA) is 26.9 Å². The van der Waals surface area contributed by atoms with Gasteiger partial charge in [0.2, 0.25) is 5.52 Å². The molecule has 0 aliphatic heterocycles. The van der Waals surface area contributed by atoms with Crippen LogP contribution < -0.4 is 4.73 Å². The minimum absolute atomic E-state index is 0.583. The lowest BCUT2D eigenvalue weighted by molar-refractivity contribution is -0.577. The van der Waals surface area contributed by atoms with Crippen molar-refractivity contribution in [2.45, 2.75) is 65.1 Å². The van der Waals surface area contributed by atoms with E-state index < -0.39 is 8.07 Å². The highest BCUT2D eigenvalue weighted by molar-refractivity contribution is 6.90. The molecule has 1 heterocycles. The molecule has 0 atom stereocenters. The van der Waals surface area contributed by atoms with Crippen molar-refractivity contribution in [3.8, 4) is 11.5 Å². The minimum Gasteiger partial charge on any atom is -0.618 e. The number of nitrogens with zero attached hydrogens (tertiary/aromatic N) is 1. The average molecular weight is 340 g/mol. The molecule has 0 saturated heterocycles. The molecule has 0 bridgehead atoms. The Morgan fingerprint density at radius 3 is 2.08 bits per heavy atom. The summed E-state index contributed by atoms with van der Waals surface area (Å²) in [7, 11) is -1.81. The number of hydrogen-bond acceptors (Lipinski definition) is 1. The summed E-state index contributed by atoms with van der Waals surface area (Å²) in [6, 6.07) is 7.83. The molecule has 0 aliphatic carbocycles. The maximum Gasteiger partial charge on any atom is 0.239 e. The first-order valence-corrected chi connectivity index (χ1v) is 11.1. The van der Waals surface area contributed by atoms with Crippen LogP contribution in [0, 0.1) is 23.6 Å². The van der Waals surface area contributed by atoms with Crippen molar-refractivity contribution in [1.82, 2.24) is 0 Å². The molecule has 0 unspecified atom stereocenters. The molecule has 1 aromatic carbocycles. The Bertz CT molecular complexity index is 775. The Morgan fingerprint density at radius 1 is 0.958 bits per heavy atom. The van der Waals surface area contributed by atoms with Gasteiger partial charge in [0.15, 0.2) is 6.20 Å². The Kier molecular flexibility index (Phi) is 5.40. The SMILES string of the molecule is Cc1ccc2ccc[n+]([O-])c2c1C#C[Si](C(C)C)(C(C)C)C(C)C. The average Bonchev–Trinajstić information content (AvgIpc) is 2.49. The quantitative estimate of drug-likeness (QED) is 0.320. The van der Waals surface area contributed by atoms with Crippen molar-refractivity contribution in [2.75, 3.05) is 0 Å². The summed E-state index contributed by atoms with van der Waals surface area (Å²) in [6.07, 6.45) is 1.56. The molecular formula is C21H29NOSi. The van der Waals surface area contributed by atoms with Crippen LogP contribution in [0.25, 0.3) is 10.9 Å². The molecule has 2 nitrogen and oxygen atoms in total. The number of pyridine rings is 1. The van der Waals surface area contributed by atoms with Gasteiger partial charge in [-0.2, -0.15) is 4.73 Å². The van der Waals surface area contributed by atoms with Crippen LogP contribution in [0.1, 0.15) is 52.7 Å². The predicted octanol–water partition coefficient (Wildman–Crippen LogP) is 5.35. The highest BCUT2D eigenvalue weighted by Crippen LogP contribution is 2.40. The molecule has 2 aromatic rings. The zero-order valence-electron chi connectivity index (χ0n) is 16.0. The van der Waals surface area contributed by atoms with Crippen molar-refractivity contribution in [1.29, 1.82) is 0 Å². The Labute approximate surface area is 147 Å². The fourth-order valence-corrected chi connectivity index (χ4v) is 9.35. The molecule has 0 fully saturated rings. The molecule has 2 rings (SSSR count). The number of aryl methyl sites for hydroxylation is 1. The molecule has 0 radical (unpaired) electrons. The molecule has 0 spiro atoms. The van der Waals surface area contributed by atoms with Gasteiger partial charge in [0.1, 0.15) is 13.6 Å². The van der Waals surface area contributed by atoms with E-state index in [4.69, 9.17) is 0 Å². The highest BCUT2D eigenvalue weighted by Gasteiger charge is 2.41. The molecule has 3 heteroatoms. The van der Waals surface area contributed by atoms with E-state index in [9.17, 15) is 5.21 Å². The number of aromatic nitrogens is 1. The molecule has 0 N–H and O–H groups in total. The van der Waals surface area contributed by atoms with Gasteiger partial charge in [-0.25, -0.2) is 0 Å². The van der Waals surface area contributed by atoms with Gasteiger partial charge in [0.25, 0.3) is 0 Å². The van der Waals surface area contributed by atoms with E-state index in [-0.39, 0.29) is 0 Å². The van der Waals surface area contributed by atoms with Crippen molar-refractivity contribution < 1.29 is 4.73 Å². The van der Waals surface area contributed by atoms with Gasteiger partial charge < -0.3 is 5.21 Å². The van der Waals surface area contributed by atoms with Gasteiger partial charge >= 0.3 is 0 Å². The minimum atomic E-state index is -1.81. The zero-order valence-corrected chi connectivity index (χ0v) is 17.0. The maximum atomic E-state index is 12.3. The molecule has 128 valence electrons. The largest absolute Gasteiger partial charge is 0.618 e. The van der Waals surface area contributed by atoms with Gasteiger partial charge in [0.05, 0.1) is 0 Å². The van der Waals surface area contributed by atoms with Crippen molar-refractivity contribution in [2.24, 2.45) is 0 Å². The maximum absolute atomic E-state index is 12.3.